The lowest BCUT2D eigenvalue weighted by Crippen LogP contribution is -2.44. The summed E-state index contributed by atoms with van der Waals surface area (Å²) in [5, 5.41) is 12.5. The number of hydrogen-bond donors (Lipinski definition) is 2. The second-order valence-electron chi connectivity index (χ2n) is 8.81. The highest BCUT2D eigenvalue weighted by Gasteiger charge is 2.31. The van der Waals surface area contributed by atoms with Crippen LogP contribution in [0, 0.1) is 5.92 Å². The maximum absolute atomic E-state index is 4.80. The molecule has 0 amide bonds. The normalized spacial score (nSPS) is 21.3. The number of nitrogens with one attached hydrogen (secondary N) is 2. The van der Waals surface area contributed by atoms with Gasteiger partial charge in [0.2, 0.25) is 0 Å². The van der Waals surface area contributed by atoms with Crippen LogP contribution in [0.5, 0.6) is 0 Å². The summed E-state index contributed by atoms with van der Waals surface area (Å²) in [6.07, 6.45) is 2.51. The van der Waals surface area contributed by atoms with Gasteiger partial charge in [0, 0.05) is 34.8 Å². The number of nitrogens with zero attached hydrogens (tertiary/aromatic N) is 3. The minimum atomic E-state index is 0.0964. The number of likely N-dealkylation sites (tertiary alicyclic amines) is 1. The van der Waals surface area contributed by atoms with Gasteiger partial charge in [-0.1, -0.05) is 26.8 Å². The molecular formula is C22H35N5S2. The van der Waals surface area contributed by atoms with E-state index in [0.29, 0.717) is 18.5 Å². The van der Waals surface area contributed by atoms with Gasteiger partial charge in [0.1, 0.15) is 0 Å². The average Bonchev–Trinajstić information content (AvgIpc) is 3.35. The van der Waals surface area contributed by atoms with E-state index >= 15 is 0 Å². The van der Waals surface area contributed by atoms with E-state index < -0.39 is 0 Å². The van der Waals surface area contributed by atoms with Crippen molar-refractivity contribution in [1.29, 1.82) is 0 Å². The zero-order valence-electron chi connectivity index (χ0n) is 18.4. The van der Waals surface area contributed by atoms with Crippen molar-refractivity contribution in [3.63, 3.8) is 0 Å². The quantitative estimate of drug-likeness (QED) is 0.515. The fraction of sp³-hybridized carbons (Fsp3) is 0.636. The molecule has 2 N–H and O–H groups in total. The van der Waals surface area contributed by atoms with Crippen LogP contribution in [0.25, 0.3) is 0 Å². The third-order valence-electron chi connectivity index (χ3n) is 5.31. The molecule has 2 unspecified atom stereocenters. The van der Waals surface area contributed by atoms with Gasteiger partial charge < -0.3 is 10.6 Å². The van der Waals surface area contributed by atoms with Gasteiger partial charge in [-0.15, -0.1) is 22.7 Å². The van der Waals surface area contributed by atoms with Crippen molar-refractivity contribution in [2.24, 2.45) is 10.9 Å². The maximum atomic E-state index is 4.80. The van der Waals surface area contributed by atoms with Crippen molar-refractivity contribution >= 4 is 28.6 Å². The minimum Gasteiger partial charge on any atom is -0.357 e. The molecule has 2 atom stereocenters. The molecule has 2 aromatic rings. The van der Waals surface area contributed by atoms with Crippen molar-refractivity contribution < 1.29 is 0 Å². The molecular weight excluding hydrogens is 398 g/mol. The molecule has 0 bridgehead atoms. The number of thiazole rings is 1. The molecule has 1 fully saturated rings. The number of piperidine rings is 1. The number of guanidine groups is 1. The van der Waals surface area contributed by atoms with Crippen molar-refractivity contribution in [2.75, 3.05) is 26.7 Å². The first-order valence-electron chi connectivity index (χ1n) is 10.6. The van der Waals surface area contributed by atoms with E-state index in [1.54, 1.807) is 11.3 Å². The predicted octanol–water partition coefficient (Wildman–Crippen LogP) is 4.64. The Morgan fingerprint density at radius 1 is 1.31 bits per heavy atom. The van der Waals surface area contributed by atoms with Crippen molar-refractivity contribution in [3.05, 3.63) is 38.5 Å². The molecule has 1 aliphatic heterocycles. The molecule has 0 aromatic carbocycles. The van der Waals surface area contributed by atoms with Crippen LogP contribution in [0.15, 0.2) is 27.9 Å². The van der Waals surface area contributed by atoms with Gasteiger partial charge in [-0.25, -0.2) is 9.98 Å². The number of thiophene rings is 1. The predicted molar refractivity (Wildman–Crippen MR) is 126 cm³/mol. The second kappa shape index (κ2) is 10.0. The van der Waals surface area contributed by atoms with E-state index in [0.717, 1.165) is 24.7 Å². The van der Waals surface area contributed by atoms with E-state index in [9.17, 15) is 0 Å². The largest absolute Gasteiger partial charge is 0.357 e. The van der Waals surface area contributed by atoms with Crippen molar-refractivity contribution in [1.82, 2.24) is 20.5 Å². The lowest BCUT2D eigenvalue weighted by Gasteiger charge is -2.39. The monoisotopic (exact) mass is 433 g/mol. The van der Waals surface area contributed by atoms with Crippen LogP contribution in [0.4, 0.5) is 0 Å². The topological polar surface area (TPSA) is 52.6 Å². The number of aromatic nitrogens is 1. The molecule has 0 spiro atoms. The van der Waals surface area contributed by atoms with Crippen LogP contribution >= 0.6 is 22.7 Å². The summed E-state index contributed by atoms with van der Waals surface area (Å²) < 4.78 is 0. The molecule has 0 saturated carbocycles. The molecule has 0 radical (unpaired) electrons. The highest BCUT2D eigenvalue weighted by atomic mass is 32.1. The summed E-state index contributed by atoms with van der Waals surface area (Å²) in [7, 11) is 2.25. The summed E-state index contributed by atoms with van der Waals surface area (Å²) in [4.78, 5) is 13.5. The Balaban J connectivity index is 1.63. The lowest BCUT2D eigenvalue weighted by atomic mass is 9.88. The molecule has 29 heavy (non-hydrogen) atoms. The van der Waals surface area contributed by atoms with Crippen LogP contribution in [-0.2, 0) is 12.0 Å². The van der Waals surface area contributed by atoms with Crippen LogP contribution in [-0.4, -0.2) is 42.5 Å². The molecule has 0 aliphatic carbocycles. The number of rotatable bonds is 6. The third-order valence-corrected chi connectivity index (χ3v) is 7.57. The zero-order valence-corrected chi connectivity index (χ0v) is 20.0. The first kappa shape index (κ1) is 22.2. The van der Waals surface area contributed by atoms with Crippen molar-refractivity contribution in [2.45, 2.75) is 58.5 Å². The molecule has 7 heteroatoms. The minimum absolute atomic E-state index is 0.0964. The van der Waals surface area contributed by atoms with E-state index in [1.165, 1.54) is 29.3 Å². The van der Waals surface area contributed by atoms with E-state index in [4.69, 9.17) is 9.98 Å². The zero-order chi connectivity index (χ0) is 20.9. The fourth-order valence-corrected chi connectivity index (χ4v) is 5.72. The lowest BCUT2D eigenvalue weighted by molar-refractivity contribution is 0.125. The van der Waals surface area contributed by atoms with Crippen LogP contribution in [0.1, 0.15) is 62.2 Å². The maximum Gasteiger partial charge on any atom is 0.191 e. The highest BCUT2D eigenvalue weighted by molar-refractivity contribution is 7.10. The molecule has 5 nitrogen and oxygen atoms in total. The Morgan fingerprint density at radius 2 is 2.14 bits per heavy atom. The van der Waals surface area contributed by atoms with Gasteiger partial charge in [-0.3, -0.25) is 4.90 Å². The fourth-order valence-electron chi connectivity index (χ4n) is 3.84. The molecule has 1 saturated heterocycles. The molecule has 3 rings (SSSR count). The molecule has 160 valence electrons. The third kappa shape index (κ3) is 6.03. The van der Waals surface area contributed by atoms with Gasteiger partial charge in [0.25, 0.3) is 0 Å². The first-order chi connectivity index (χ1) is 13.9. The molecule has 3 heterocycles. The summed E-state index contributed by atoms with van der Waals surface area (Å²) in [5.41, 5.74) is 1.14. The Labute approximate surface area is 183 Å². The Morgan fingerprint density at radius 3 is 2.79 bits per heavy atom. The standard InChI is InChI=1S/C22H35N5S2/c1-6-23-21(25-14-17-15-29-20(26-17)22(2,3)4)24-13-16-9-7-11-27(5)19(16)18-10-8-12-28-18/h8,10,12,15-16,19H,6-7,9,11,13-14H2,1-5H3,(H2,23,24,25). The van der Waals surface area contributed by atoms with E-state index in [-0.39, 0.29) is 5.41 Å². The van der Waals surface area contributed by atoms with Gasteiger partial charge >= 0.3 is 0 Å². The van der Waals surface area contributed by atoms with Gasteiger partial charge in [-0.2, -0.15) is 0 Å². The van der Waals surface area contributed by atoms with E-state index in [1.807, 2.05) is 11.3 Å². The Hall–Kier alpha value is -1.44. The smallest absolute Gasteiger partial charge is 0.191 e. The Kier molecular flexibility index (Phi) is 7.71. The summed E-state index contributed by atoms with van der Waals surface area (Å²) in [5.74, 6) is 1.47. The Bertz CT molecular complexity index is 775. The van der Waals surface area contributed by atoms with Gasteiger partial charge in [-0.05, 0) is 50.7 Å². The van der Waals surface area contributed by atoms with Crippen LogP contribution < -0.4 is 10.6 Å². The van der Waals surface area contributed by atoms with E-state index in [2.05, 4.69) is 73.2 Å². The molecule has 1 aliphatic rings. The second-order valence-corrected chi connectivity index (χ2v) is 10.7. The number of aliphatic imine (C=N–C) groups is 1. The summed E-state index contributed by atoms with van der Waals surface area (Å²) >= 11 is 3.60. The average molecular weight is 434 g/mol. The van der Waals surface area contributed by atoms with Crippen LogP contribution in [0.2, 0.25) is 0 Å². The van der Waals surface area contributed by atoms with Gasteiger partial charge in [0.15, 0.2) is 5.96 Å². The van der Waals surface area contributed by atoms with Crippen molar-refractivity contribution in [3.8, 4) is 0 Å². The highest BCUT2D eigenvalue weighted by Crippen LogP contribution is 2.36. The van der Waals surface area contributed by atoms with Gasteiger partial charge in [0.05, 0.1) is 17.2 Å². The SMILES string of the molecule is CCNC(=NCc1csc(C(C)(C)C)n1)NCC1CCCN(C)C1c1cccs1. The molecule has 2 aromatic heterocycles. The summed E-state index contributed by atoms with van der Waals surface area (Å²) in [6, 6.07) is 4.93. The number of hydrogen-bond acceptors (Lipinski definition) is 5. The first-order valence-corrected chi connectivity index (χ1v) is 12.3. The van der Waals surface area contributed by atoms with Crippen LogP contribution in [0.3, 0.4) is 0 Å². The summed E-state index contributed by atoms with van der Waals surface area (Å²) in [6.45, 7) is 12.3.